The molecule has 8 heteroatoms. The van der Waals surface area contributed by atoms with Gasteiger partial charge in [0.1, 0.15) is 0 Å². The molecule has 0 aliphatic rings. The van der Waals surface area contributed by atoms with Gasteiger partial charge in [0, 0.05) is 12.4 Å². The molecule has 0 radical (unpaired) electrons. The molecule has 0 aromatic carbocycles. The molecule has 0 aliphatic carbocycles. The van der Waals surface area contributed by atoms with E-state index in [1.807, 2.05) is 0 Å². The third kappa shape index (κ3) is 1.75. The van der Waals surface area contributed by atoms with Crippen molar-refractivity contribution in [3.05, 3.63) is 21.6 Å². The number of anilines is 1. The normalized spacial score (nSPS) is 10.4. The van der Waals surface area contributed by atoms with Crippen LogP contribution in [-0.4, -0.2) is 24.7 Å². The molecule has 6 nitrogen and oxygen atoms in total. The minimum Gasteiger partial charge on any atom is -0.366 e. The number of halogens is 2. The summed E-state index contributed by atoms with van der Waals surface area (Å²) in [4.78, 5) is 11.9. The minimum atomic E-state index is 0.170. The van der Waals surface area contributed by atoms with E-state index in [0.29, 0.717) is 10.7 Å². The van der Waals surface area contributed by atoms with Gasteiger partial charge in [-0.3, -0.25) is 0 Å². The summed E-state index contributed by atoms with van der Waals surface area (Å²) in [6, 6.07) is 0. The number of aromatic nitrogens is 5. The van der Waals surface area contributed by atoms with Crippen molar-refractivity contribution >= 4 is 37.8 Å². The largest absolute Gasteiger partial charge is 0.366 e. The molecule has 0 bridgehead atoms. The summed E-state index contributed by atoms with van der Waals surface area (Å²) in [6.07, 6.45) is 3.24. The highest BCUT2D eigenvalue weighted by atomic mass is 79.9. The van der Waals surface area contributed by atoms with Gasteiger partial charge < -0.3 is 5.73 Å². The summed E-state index contributed by atoms with van der Waals surface area (Å²) in [5.41, 5.74) is 5.41. The van der Waals surface area contributed by atoms with Gasteiger partial charge in [-0.2, -0.15) is 9.67 Å². The molecule has 0 atom stereocenters. The van der Waals surface area contributed by atoms with E-state index >= 15 is 0 Å². The van der Waals surface area contributed by atoms with Crippen molar-refractivity contribution in [2.24, 2.45) is 0 Å². The topological polar surface area (TPSA) is 82.5 Å². The fourth-order valence-electron chi connectivity index (χ4n) is 0.850. The molecule has 72 valence electrons. The van der Waals surface area contributed by atoms with Crippen molar-refractivity contribution in [1.82, 2.24) is 24.7 Å². The van der Waals surface area contributed by atoms with Crippen LogP contribution in [0.15, 0.2) is 21.6 Å². The quantitative estimate of drug-likeness (QED) is 0.853. The lowest BCUT2D eigenvalue weighted by Crippen LogP contribution is -2.03. The highest BCUT2D eigenvalue weighted by Crippen LogP contribution is 2.13. The van der Waals surface area contributed by atoms with Gasteiger partial charge in [-0.05, 0) is 31.9 Å². The maximum atomic E-state index is 5.41. The van der Waals surface area contributed by atoms with E-state index in [1.165, 1.54) is 4.68 Å². The van der Waals surface area contributed by atoms with Crippen LogP contribution in [0.2, 0.25) is 0 Å². The predicted molar refractivity (Wildman–Crippen MR) is 56.8 cm³/mol. The SMILES string of the molecule is Nc1nc(Br)n(-c2ncc(Br)cn2)n1. The Morgan fingerprint density at radius 2 is 1.86 bits per heavy atom. The summed E-state index contributed by atoms with van der Waals surface area (Å²) in [5, 5.41) is 3.91. The van der Waals surface area contributed by atoms with Crippen molar-refractivity contribution in [3.8, 4) is 5.95 Å². The second-order valence-corrected chi connectivity index (χ2v) is 3.98. The highest BCUT2D eigenvalue weighted by Gasteiger charge is 2.08. The Hall–Kier alpha value is -1.02. The van der Waals surface area contributed by atoms with Crippen molar-refractivity contribution in [1.29, 1.82) is 0 Å². The zero-order valence-corrected chi connectivity index (χ0v) is 9.90. The Bertz CT molecular complexity index is 450. The zero-order valence-electron chi connectivity index (χ0n) is 6.72. The first kappa shape index (κ1) is 9.53. The first-order valence-corrected chi connectivity index (χ1v) is 5.11. The molecule has 0 unspecified atom stereocenters. The lowest BCUT2D eigenvalue weighted by molar-refractivity contribution is 0.789. The Balaban J connectivity index is 2.49. The standard InChI is InChI=1S/C6H4Br2N6/c7-3-1-10-6(11-2-3)14-4(8)12-5(9)13-14/h1-2H,(H2,9,13). The van der Waals surface area contributed by atoms with Crippen LogP contribution in [0.5, 0.6) is 0 Å². The summed E-state index contributed by atoms with van der Waals surface area (Å²) >= 11 is 6.42. The summed E-state index contributed by atoms with van der Waals surface area (Å²) in [5.74, 6) is 0.577. The minimum absolute atomic E-state index is 0.170. The van der Waals surface area contributed by atoms with Crippen LogP contribution in [0.25, 0.3) is 5.95 Å². The van der Waals surface area contributed by atoms with Crippen molar-refractivity contribution in [3.63, 3.8) is 0 Å². The second kappa shape index (κ2) is 3.62. The second-order valence-electron chi connectivity index (χ2n) is 2.35. The molecule has 2 rings (SSSR count). The van der Waals surface area contributed by atoms with Gasteiger partial charge in [-0.15, -0.1) is 5.10 Å². The van der Waals surface area contributed by atoms with Crippen LogP contribution in [0.4, 0.5) is 5.95 Å². The molecular formula is C6H4Br2N6. The van der Waals surface area contributed by atoms with Crippen LogP contribution < -0.4 is 5.73 Å². The molecule has 0 saturated carbocycles. The molecule has 2 aromatic heterocycles. The van der Waals surface area contributed by atoms with E-state index in [1.54, 1.807) is 12.4 Å². The van der Waals surface area contributed by atoms with E-state index in [4.69, 9.17) is 5.73 Å². The fraction of sp³-hybridized carbons (Fsp3) is 0. The maximum absolute atomic E-state index is 5.41. The molecule has 0 aliphatic heterocycles. The monoisotopic (exact) mass is 318 g/mol. The third-order valence-corrected chi connectivity index (χ3v) is 2.30. The van der Waals surface area contributed by atoms with Gasteiger partial charge in [0.2, 0.25) is 10.7 Å². The number of nitrogens with two attached hydrogens (primary N) is 1. The molecule has 0 spiro atoms. The van der Waals surface area contributed by atoms with Crippen LogP contribution in [0, 0.1) is 0 Å². The van der Waals surface area contributed by atoms with Crippen LogP contribution in [-0.2, 0) is 0 Å². The number of nitrogen functional groups attached to an aromatic ring is 1. The Morgan fingerprint density at radius 1 is 1.21 bits per heavy atom. The first-order chi connectivity index (χ1) is 6.66. The average molecular weight is 320 g/mol. The smallest absolute Gasteiger partial charge is 0.253 e. The molecule has 14 heavy (non-hydrogen) atoms. The fourth-order valence-corrected chi connectivity index (χ4v) is 1.47. The molecule has 2 aromatic rings. The van der Waals surface area contributed by atoms with E-state index in [2.05, 4.69) is 51.9 Å². The van der Waals surface area contributed by atoms with Gasteiger partial charge in [-0.25, -0.2) is 9.97 Å². The number of hydrogen-bond acceptors (Lipinski definition) is 5. The number of nitrogens with zero attached hydrogens (tertiary/aromatic N) is 5. The summed E-state index contributed by atoms with van der Waals surface area (Å²) in [6.45, 7) is 0. The molecule has 2 heterocycles. The van der Waals surface area contributed by atoms with Gasteiger partial charge in [0.05, 0.1) is 4.47 Å². The van der Waals surface area contributed by atoms with Crippen molar-refractivity contribution < 1.29 is 0 Å². The molecule has 0 saturated heterocycles. The van der Waals surface area contributed by atoms with Gasteiger partial charge in [0.15, 0.2) is 0 Å². The van der Waals surface area contributed by atoms with Crippen molar-refractivity contribution in [2.45, 2.75) is 0 Å². The Labute approximate surface area is 95.8 Å². The predicted octanol–water partition coefficient (Wildman–Crippen LogP) is 1.16. The molecule has 0 fully saturated rings. The summed E-state index contributed by atoms with van der Waals surface area (Å²) < 4.78 is 2.67. The van der Waals surface area contributed by atoms with E-state index < -0.39 is 0 Å². The highest BCUT2D eigenvalue weighted by molar-refractivity contribution is 9.10. The zero-order chi connectivity index (χ0) is 10.1. The lowest BCUT2D eigenvalue weighted by Gasteiger charge is -1.98. The number of rotatable bonds is 1. The molecule has 0 amide bonds. The van der Waals surface area contributed by atoms with Crippen LogP contribution in [0.3, 0.4) is 0 Å². The van der Waals surface area contributed by atoms with Gasteiger partial charge >= 0.3 is 0 Å². The molecule has 2 N–H and O–H groups in total. The third-order valence-electron chi connectivity index (χ3n) is 1.38. The Morgan fingerprint density at radius 3 is 2.36 bits per heavy atom. The van der Waals surface area contributed by atoms with E-state index in [-0.39, 0.29) is 5.95 Å². The van der Waals surface area contributed by atoms with E-state index in [0.717, 1.165) is 4.47 Å². The van der Waals surface area contributed by atoms with Gasteiger partial charge in [-0.1, -0.05) is 0 Å². The van der Waals surface area contributed by atoms with E-state index in [9.17, 15) is 0 Å². The summed E-state index contributed by atoms with van der Waals surface area (Å²) in [7, 11) is 0. The van der Waals surface area contributed by atoms with Crippen LogP contribution >= 0.6 is 31.9 Å². The lowest BCUT2D eigenvalue weighted by atomic mass is 10.7. The van der Waals surface area contributed by atoms with Gasteiger partial charge in [0.25, 0.3) is 5.95 Å². The van der Waals surface area contributed by atoms with Crippen molar-refractivity contribution in [2.75, 3.05) is 5.73 Å². The Kier molecular flexibility index (Phi) is 2.46. The molecular weight excluding hydrogens is 316 g/mol. The first-order valence-electron chi connectivity index (χ1n) is 3.53. The average Bonchev–Trinajstić information content (AvgIpc) is 2.47. The number of hydrogen-bond donors (Lipinski definition) is 1. The van der Waals surface area contributed by atoms with Crippen LogP contribution in [0.1, 0.15) is 0 Å². The maximum Gasteiger partial charge on any atom is 0.253 e.